The molecule has 1 N–H and O–H groups in total. The van der Waals surface area contributed by atoms with E-state index in [4.69, 9.17) is 11.6 Å². The van der Waals surface area contributed by atoms with Gasteiger partial charge in [-0.1, -0.05) is 11.6 Å². The highest BCUT2D eigenvalue weighted by atomic mass is 35.5. The number of halogens is 2. The lowest BCUT2D eigenvalue weighted by atomic mass is 10.1. The molecule has 3 rings (SSSR count). The van der Waals surface area contributed by atoms with Crippen LogP contribution in [0.4, 0.5) is 10.1 Å². The van der Waals surface area contributed by atoms with Gasteiger partial charge < -0.3 is 10.2 Å². The molecule has 8 heteroatoms. The second-order valence-electron chi connectivity index (χ2n) is 4.67. The molecule has 6 nitrogen and oxygen atoms in total. The van der Waals surface area contributed by atoms with E-state index in [1.165, 1.54) is 41.7 Å². The van der Waals surface area contributed by atoms with Crippen LogP contribution in [-0.2, 0) is 4.79 Å². The first-order valence-electron chi connectivity index (χ1n) is 6.39. The number of rotatable bonds is 3. The number of hydrogen-bond donors (Lipinski definition) is 1. The summed E-state index contributed by atoms with van der Waals surface area (Å²) in [6.45, 7) is 0.304. The third-order valence-electron chi connectivity index (χ3n) is 3.26. The molecule has 0 saturated carbocycles. The van der Waals surface area contributed by atoms with Crippen molar-refractivity contribution in [3.05, 3.63) is 53.3 Å². The van der Waals surface area contributed by atoms with Gasteiger partial charge in [-0.05, 0) is 24.3 Å². The van der Waals surface area contributed by atoms with Crippen molar-refractivity contribution in [2.24, 2.45) is 0 Å². The molecule has 0 radical (unpaired) electrons. The minimum absolute atomic E-state index is 0.0182. The van der Waals surface area contributed by atoms with Gasteiger partial charge in [-0.2, -0.15) is 0 Å². The maximum Gasteiger partial charge on any atom is 0.272 e. The first-order valence-corrected chi connectivity index (χ1v) is 6.77. The van der Waals surface area contributed by atoms with Crippen LogP contribution < -0.4 is 10.2 Å². The Morgan fingerprint density at radius 2 is 2.09 bits per heavy atom. The zero-order chi connectivity index (χ0) is 15.7. The number of benzene rings is 1. The lowest BCUT2D eigenvalue weighted by molar-refractivity contribution is -0.124. The second-order valence-corrected chi connectivity index (χ2v) is 5.08. The number of hydrogen-bond acceptors (Lipinski definition) is 4. The zero-order valence-electron chi connectivity index (χ0n) is 11.2. The van der Waals surface area contributed by atoms with Crippen LogP contribution in [0.2, 0.25) is 5.02 Å². The van der Waals surface area contributed by atoms with Gasteiger partial charge in [0, 0.05) is 11.9 Å². The van der Waals surface area contributed by atoms with E-state index in [1.54, 1.807) is 0 Å². The number of nitrogens with one attached hydrogen (secondary N) is 1. The maximum absolute atomic E-state index is 12.9. The number of anilines is 1. The molecule has 1 atom stereocenters. The Bertz CT molecular complexity index is 738. The Hall–Kier alpha value is -2.54. The normalized spacial score (nSPS) is 17.1. The monoisotopic (exact) mass is 320 g/mol. The SMILES string of the molecule is O=C(NC1CN(c2ccc(F)cc2)C1=O)c1ncncc1Cl. The summed E-state index contributed by atoms with van der Waals surface area (Å²) in [7, 11) is 0. The van der Waals surface area contributed by atoms with Crippen molar-refractivity contribution in [3.8, 4) is 0 Å². The number of amides is 2. The molecule has 1 aromatic heterocycles. The average Bonchev–Trinajstić information content (AvgIpc) is 2.52. The fraction of sp³-hybridized carbons (Fsp3) is 0.143. The van der Waals surface area contributed by atoms with Gasteiger partial charge in [0.15, 0.2) is 0 Å². The Morgan fingerprint density at radius 3 is 2.73 bits per heavy atom. The summed E-state index contributed by atoms with van der Waals surface area (Å²) in [6, 6.07) is 4.91. The molecule has 0 spiro atoms. The van der Waals surface area contributed by atoms with Crippen molar-refractivity contribution >= 4 is 29.1 Å². The number of nitrogens with zero attached hydrogens (tertiary/aromatic N) is 3. The highest BCUT2D eigenvalue weighted by Gasteiger charge is 2.39. The summed E-state index contributed by atoms with van der Waals surface area (Å²) in [5.74, 6) is -1.19. The first-order chi connectivity index (χ1) is 10.6. The maximum atomic E-state index is 12.9. The minimum Gasteiger partial charge on any atom is -0.337 e. The number of aromatic nitrogens is 2. The Balaban J connectivity index is 1.65. The van der Waals surface area contributed by atoms with Crippen LogP contribution in [0.1, 0.15) is 10.5 Å². The highest BCUT2D eigenvalue weighted by molar-refractivity contribution is 6.33. The molecular formula is C14H10ClFN4O2. The lowest BCUT2D eigenvalue weighted by Gasteiger charge is -2.38. The molecule has 1 aromatic carbocycles. The fourth-order valence-corrected chi connectivity index (χ4v) is 2.28. The van der Waals surface area contributed by atoms with E-state index in [1.807, 2.05) is 0 Å². The molecule has 2 amide bonds. The molecule has 0 bridgehead atoms. The quantitative estimate of drug-likeness (QED) is 0.868. The predicted molar refractivity (Wildman–Crippen MR) is 77.0 cm³/mol. The molecule has 1 aliphatic heterocycles. The minimum atomic E-state index is -0.649. The van der Waals surface area contributed by atoms with Crippen LogP contribution in [0.15, 0.2) is 36.8 Å². The largest absolute Gasteiger partial charge is 0.337 e. The van der Waals surface area contributed by atoms with E-state index in [2.05, 4.69) is 15.3 Å². The molecule has 1 aliphatic rings. The number of carbonyl (C=O) groups excluding carboxylic acids is 2. The Kier molecular flexibility index (Phi) is 3.72. The van der Waals surface area contributed by atoms with E-state index in [0.717, 1.165) is 0 Å². The summed E-state index contributed by atoms with van der Waals surface area (Å²) in [5.41, 5.74) is 0.599. The van der Waals surface area contributed by atoms with Crippen LogP contribution in [0.25, 0.3) is 0 Å². The van der Waals surface area contributed by atoms with Gasteiger partial charge in [-0.25, -0.2) is 14.4 Å². The van der Waals surface area contributed by atoms with Crippen molar-refractivity contribution in [3.63, 3.8) is 0 Å². The van der Waals surface area contributed by atoms with E-state index < -0.39 is 11.9 Å². The van der Waals surface area contributed by atoms with Crippen LogP contribution in [-0.4, -0.2) is 34.4 Å². The molecule has 2 heterocycles. The van der Waals surface area contributed by atoms with Crippen molar-refractivity contribution in [1.29, 1.82) is 0 Å². The molecular weight excluding hydrogens is 311 g/mol. The zero-order valence-corrected chi connectivity index (χ0v) is 11.9. The van der Waals surface area contributed by atoms with Crippen molar-refractivity contribution in [2.45, 2.75) is 6.04 Å². The van der Waals surface area contributed by atoms with Gasteiger partial charge >= 0.3 is 0 Å². The molecule has 1 unspecified atom stereocenters. The predicted octanol–water partition coefficient (Wildman–Crippen LogP) is 1.41. The Morgan fingerprint density at radius 1 is 1.36 bits per heavy atom. The van der Waals surface area contributed by atoms with Crippen LogP contribution in [0.3, 0.4) is 0 Å². The van der Waals surface area contributed by atoms with Crippen molar-refractivity contribution in [1.82, 2.24) is 15.3 Å². The molecule has 1 saturated heterocycles. The van der Waals surface area contributed by atoms with Crippen molar-refractivity contribution in [2.75, 3.05) is 11.4 Å². The smallest absolute Gasteiger partial charge is 0.272 e. The van der Waals surface area contributed by atoms with Gasteiger partial charge in [-0.15, -0.1) is 0 Å². The number of β-lactam (4-membered cyclic amide) rings is 1. The summed E-state index contributed by atoms with van der Waals surface area (Å²) in [5, 5.41) is 2.67. The molecule has 1 fully saturated rings. The van der Waals surface area contributed by atoms with E-state index >= 15 is 0 Å². The van der Waals surface area contributed by atoms with Gasteiger partial charge in [0.2, 0.25) is 0 Å². The van der Waals surface area contributed by atoms with Gasteiger partial charge in [0.05, 0.1) is 11.6 Å². The average molecular weight is 321 g/mol. The Labute approximate surface area is 129 Å². The third-order valence-corrected chi connectivity index (χ3v) is 3.53. The third kappa shape index (κ3) is 2.62. The van der Waals surface area contributed by atoms with E-state index in [-0.39, 0.29) is 22.4 Å². The van der Waals surface area contributed by atoms with Gasteiger partial charge in [0.1, 0.15) is 23.9 Å². The van der Waals surface area contributed by atoms with E-state index in [0.29, 0.717) is 12.2 Å². The molecule has 22 heavy (non-hydrogen) atoms. The van der Waals surface area contributed by atoms with Crippen LogP contribution in [0.5, 0.6) is 0 Å². The number of carbonyl (C=O) groups is 2. The van der Waals surface area contributed by atoms with Crippen LogP contribution in [0, 0.1) is 5.82 Å². The summed E-state index contributed by atoms with van der Waals surface area (Å²) in [4.78, 5) is 33.0. The topological polar surface area (TPSA) is 75.2 Å². The van der Waals surface area contributed by atoms with Crippen molar-refractivity contribution < 1.29 is 14.0 Å². The lowest BCUT2D eigenvalue weighted by Crippen LogP contribution is -2.64. The highest BCUT2D eigenvalue weighted by Crippen LogP contribution is 2.22. The molecule has 112 valence electrons. The fourth-order valence-electron chi connectivity index (χ4n) is 2.09. The van der Waals surface area contributed by atoms with Gasteiger partial charge in [0.25, 0.3) is 11.8 Å². The van der Waals surface area contributed by atoms with E-state index in [9.17, 15) is 14.0 Å². The van der Waals surface area contributed by atoms with Crippen LogP contribution >= 0.6 is 11.6 Å². The molecule has 2 aromatic rings. The van der Waals surface area contributed by atoms with Gasteiger partial charge in [-0.3, -0.25) is 9.59 Å². The summed E-state index contributed by atoms with van der Waals surface area (Å²) >= 11 is 5.82. The second kappa shape index (κ2) is 5.69. The standard InChI is InChI=1S/C14H10ClFN4O2/c15-10-5-17-7-18-12(10)13(21)19-11-6-20(14(11)22)9-3-1-8(16)2-4-9/h1-5,7,11H,6H2,(H,19,21). The summed E-state index contributed by atoms with van der Waals surface area (Å²) < 4.78 is 12.9. The first kappa shape index (κ1) is 14.4. The summed E-state index contributed by atoms with van der Waals surface area (Å²) in [6.07, 6.45) is 2.51. The molecule has 0 aliphatic carbocycles.